The molecule has 2 aromatic carbocycles. The maximum atomic E-state index is 12.8. The van der Waals surface area contributed by atoms with E-state index in [0.717, 1.165) is 20.8 Å². The molecule has 0 radical (unpaired) electrons. The van der Waals surface area contributed by atoms with Gasteiger partial charge in [0.15, 0.2) is 47.1 Å². The van der Waals surface area contributed by atoms with Crippen LogP contribution in [0.4, 0.5) is 0 Å². The van der Waals surface area contributed by atoms with Crippen molar-refractivity contribution in [1.29, 1.82) is 0 Å². The van der Waals surface area contributed by atoms with Crippen LogP contribution in [0, 0.1) is 0 Å². The van der Waals surface area contributed by atoms with E-state index in [4.69, 9.17) is 28.4 Å². The second-order valence-corrected chi connectivity index (χ2v) is 9.08. The van der Waals surface area contributed by atoms with Crippen LogP contribution in [0.15, 0.2) is 36.1 Å². The van der Waals surface area contributed by atoms with Gasteiger partial charge in [0.25, 0.3) is 0 Å². The summed E-state index contributed by atoms with van der Waals surface area (Å²) in [6, 6.07) is 6.34. The minimum atomic E-state index is -1.76. The van der Waals surface area contributed by atoms with Crippen LogP contribution >= 0.6 is 0 Å². The van der Waals surface area contributed by atoms with Crippen molar-refractivity contribution < 1.29 is 68.0 Å². The zero-order valence-electron chi connectivity index (χ0n) is 21.9. The van der Waals surface area contributed by atoms with Crippen LogP contribution in [-0.2, 0) is 33.3 Å². The van der Waals surface area contributed by atoms with E-state index in [1.165, 1.54) is 36.4 Å². The Morgan fingerprint density at radius 1 is 0.927 bits per heavy atom. The van der Waals surface area contributed by atoms with Crippen molar-refractivity contribution in [3.63, 3.8) is 0 Å². The molecule has 0 aromatic heterocycles. The third kappa shape index (κ3) is 6.34. The molecule has 0 aliphatic carbocycles. The highest BCUT2D eigenvalue weighted by atomic mass is 16.7. The normalized spacial score (nSPS) is 24.2. The first-order chi connectivity index (χ1) is 19.3. The number of aromatic hydroxyl groups is 3. The predicted octanol–water partition coefficient (Wildman–Crippen LogP) is 1.31. The van der Waals surface area contributed by atoms with E-state index in [9.17, 15) is 39.6 Å². The van der Waals surface area contributed by atoms with Crippen LogP contribution in [0.5, 0.6) is 28.7 Å². The number of rotatable bonds is 7. The zero-order valence-corrected chi connectivity index (χ0v) is 21.9. The summed E-state index contributed by atoms with van der Waals surface area (Å²) in [4.78, 5) is 47.7. The first kappa shape index (κ1) is 29.2. The Bertz CT molecular complexity index is 1410. The fourth-order valence-electron chi connectivity index (χ4n) is 4.21. The molecule has 0 spiro atoms. The summed E-state index contributed by atoms with van der Waals surface area (Å²) in [5, 5.41) is 41.0. The summed E-state index contributed by atoms with van der Waals surface area (Å²) >= 11 is 0. The van der Waals surface area contributed by atoms with Crippen LogP contribution in [0.1, 0.15) is 36.7 Å². The lowest BCUT2D eigenvalue weighted by Gasteiger charge is -2.42. The van der Waals surface area contributed by atoms with Crippen LogP contribution < -0.4 is 9.47 Å². The molecule has 218 valence electrons. The number of carbonyl (C=O) groups excluding carboxylic acids is 4. The molecule has 4 rings (SSSR count). The molecule has 2 aliphatic rings. The standard InChI is InChI=1S/C27H26O14/c1-11(28)36-10-20-25(37-12(2)29)26(38-13(3)30)23(35)27(41-20)40-18-7-5-15-21(33)19(39-24(15)22(18)34)9-14-4-6-16(31)17(32)8-14/h4-9,20,23,25-27,31-32,34-35H,10H2,1-3H3. The number of phenols is 3. The van der Waals surface area contributed by atoms with E-state index >= 15 is 0 Å². The van der Waals surface area contributed by atoms with Gasteiger partial charge in [0, 0.05) is 20.8 Å². The summed E-state index contributed by atoms with van der Waals surface area (Å²) < 4.78 is 32.3. The summed E-state index contributed by atoms with van der Waals surface area (Å²) in [5.74, 6) is -5.07. The molecule has 2 heterocycles. The molecule has 0 saturated carbocycles. The maximum Gasteiger partial charge on any atom is 0.303 e. The summed E-state index contributed by atoms with van der Waals surface area (Å²) in [7, 11) is 0. The van der Waals surface area contributed by atoms with Gasteiger partial charge in [-0.15, -0.1) is 0 Å². The molecule has 4 N–H and O–H groups in total. The quantitative estimate of drug-likeness (QED) is 0.159. The molecule has 1 fully saturated rings. The number of phenolic OH excluding ortho intramolecular Hbond substituents is 3. The summed E-state index contributed by atoms with van der Waals surface area (Å²) in [6.45, 7) is 2.81. The minimum absolute atomic E-state index is 0.0188. The Morgan fingerprint density at radius 2 is 1.61 bits per heavy atom. The molecule has 14 nitrogen and oxygen atoms in total. The van der Waals surface area contributed by atoms with Gasteiger partial charge in [0.1, 0.15) is 12.7 Å². The van der Waals surface area contributed by atoms with Gasteiger partial charge in [-0.3, -0.25) is 19.2 Å². The average Bonchev–Trinajstić information content (AvgIpc) is 3.21. The Kier molecular flexibility index (Phi) is 8.35. The molecule has 0 bridgehead atoms. The third-order valence-electron chi connectivity index (χ3n) is 5.98. The van der Waals surface area contributed by atoms with Crippen LogP contribution in [0.2, 0.25) is 0 Å². The number of aliphatic hydroxyl groups excluding tert-OH is 1. The smallest absolute Gasteiger partial charge is 0.303 e. The number of hydrogen-bond acceptors (Lipinski definition) is 14. The minimum Gasteiger partial charge on any atom is -0.504 e. The van der Waals surface area contributed by atoms with E-state index < -0.39 is 72.5 Å². The lowest BCUT2D eigenvalue weighted by molar-refractivity contribution is -0.285. The zero-order chi connectivity index (χ0) is 30.0. The number of ketones is 1. The van der Waals surface area contributed by atoms with Crippen LogP contribution in [0.3, 0.4) is 0 Å². The molecular formula is C27H26O14. The number of ether oxygens (including phenoxy) is 6. The van der Waals surface area contributed by atoms with E-state index in [-0.39, 0.29) is 28.6 Å². The average molecular weight is 574 g/mol. The third-order valence-corrected chi connectivity index (χ3v) is 5.98. The Morgan fingerprint density at radius 3 is 2.24 bits per heavy atom. The van der Waals surface area contributed by atoms with Crippen molar-refractivity contribution in [2.75, 3.05) is 6.61 Å². The first-order valence-corrected chi connectivity index (χ1v) is 12.2. The number of fused-ring (bicyclic) bond motifs is 1. The van der Waals surface area contributed by atoms with Gasteiger partial charge in [-0.2, -0.15) is 0 Å². The van der Waals surface area contributed by atoms with E-state index in [0.29, 0.717) is 5.56 Å². The van der Waals surface area contributed by atoms with Crippen LogP contribution in [-0.4, -0.2) is 81.4 Å². The number of esters is 3. The maximum absolute atomic E-state index is 12.8. The Hall–Kier alpha value is -4.82. The molecular weight excluding hydrogens is 548 g/mol. The lowest BCUT2D eigenvalue weighted by atomic mass is 9.98. The Balaban J connectivity index is 1.61. The highest BCUT2D eigenvalue weighted by Gasteiger charge is 2.51. The molecule has 2 aromatic rings. The van der Waals surface area contributed by atoms with Crippen molar-refractivity contribution in [1.82, 2.24) is 0 Å². The highest BCUT2D eigenvalue weighted by Crippen LogP contribution is 2.46. The number of benzene rings is 2. The second kappa shape index (κ2) is 11.7. The van der Waals surface area contributed by atoms with E-state index in [1.807, 2.05) is 0 Å². The fraction of sp³-hybridized carbons (Fsp3) is 0.333. The molecule has 2 aliphatic heterocycles. The van der Waals surface area contributed by atoms with Gasteiger partial charge in [0.05, 0.1) is 5.56 Å². The van der Waals surface area contributed by atoms with Crippen molar-refractivity contribution in [3.8, 4) is 28.7 Å². The first-order valence-electron chi connectivity index (χ1n) is 12.2. The second-order valence-electron chi connectivity index (χ2n) is 9.08. The van der Waals surface area contributed by atoms with Gasteiger partial charge in [0.2, 0.25) is 17.8 Å². The molecule has 14 heteroatoms. The van der Waals surface area contributed by atoms with Gasteiger partial charge >= 0.3 is 17.9 Å². The van der Waals surface area contributed by atoms with E-state index in [1.54, 1.807) is 0 Å². The van der Waals surface area contributed by atoms with Gasteiger partial charge in [-0.05, 0) is 35.9 Å². The predicted molar refractivity (Wildman–Crippen MR) is 134 cm³/mol. The topological polar surface area (TPSA) is 205 Å². The monoisotopic (exact) mass is 574 g/mol. The number of allylic oxidation sites excluding steroid dienone is 1. The molecule has 0 amide bonds. The van der Waals surface area contributed by atoms with Gasteiger partial charge < -0.3 is 48.8 Å². The van der Waals surface area contributed by atoms with Crippen LogP contribution in [0.25, 0.3) is 6.08 Å². The number of aliphatic hydroxyl groups is 1. The van der Waals surface area contributed by atoms with Crippen molar-refractivity contribution in [3.05, 3.63) is 47.2 Å². The van der Waals surface area contributed by atoms with Crippen molar-refractivity contribution >= 4 is 29.8 Å². The fourth-order valence-corrected chi connectivity index (χ4v) is 4.21. The number of Topliss-reactive ketones (excluding diaryl/α,β-unsaturated/α-hetero) is 1. The largest absolute Gasteiger partial charge is 0.504 e. The lowest BCUT2D eigenvalue weighted by Crippen LogP contribution is -2.62. The number of hydrogen-bond donors (Lipinski definition) is 4. The molecule has 41 heavy (non-hydrogen) atoms. The Labute approximate surface area is 232 Å². The molecule has 5 atom stereocenters. The van der Waals surface area contributed by atoms with Crippen molar-refractivity contribution in [2.24, 2.45) is 0 Å². The van der Waals surface area contributed by atoms with Gasteiger partial charge in [-0.1, -0.05) is 6.07 Å². The highest BCUT2D eigenvalue weighted by molar-refractivity contribution is 6.15. The van der Waals surface area contributed by atoms with Gasteiger partial charge in [-0.25, -0.2) is 0 Å². The molecule has 1 saturated heterocycles. The summed E-state index contributed by atoms with van der Waals surface area (Å²) in [6.07, 6.45) is -6.28. The SMILES string of the molecule is CC(=O)OCC1OC(Oc2ccc3c(c2O)OC(=Cc2ccc(O)c(O)c2)C3=O)C(O)C(OC(C)=O)C1OC(C)=O. The molecule has 5 unspecified atom stereocenters. The van der Waals surface area contributed by atoms with E-state index in [2.05, 4.69) is 0 Å². The number of carbonyl (C=O) groups is 4. The summed E-state index contributed by atoms with van der Waals surface area (Å²) in [5.41, 5.74) is 0.304. The van der Waals surface area contributed by atoms with Crippen molar-refractivity contribution in [2.45, 2.75) is 51.5 Å².